The highest BCUT2D eigenvalue weighted by molar-refractivity contribution is 9.10. The fourth-order valence-electron chi connectivity index (χ4n) is 2.96. The Morgan fingerprint density at radius 2 is 1.74 bits per heavy atom. The maximum atomic E-state index is 13.3. The first-order valence-electron chi connectivity index (χ1n) is 8.12. The number of benzene rings is 2. The first-order valence-corrected chi connectivity index (χ1v) is 10.7. The van der Waals surface area contributed by atoms with Gasteiger partial charge in [0.2, 0.25) is 0 Å². The Balaban J connectivity index is 2.03. The van der Waals surface area contributed by atoms with E-state index in [4.69, 9.17) is 11.6 Å². The molecule has 0 N–H and O–H groups in total. The molecule has 0 spiro atoms. The monoisotopic (exact) mass is 460 g/mol. The first-order chi connectivity index (χ1) is 12.9. The molecule has 0 fully saturated rings. The van der Waals surface area contributed by atoms with Gasteiger partial charge in [-0.3, -0.25) is 0 Å². The average Bonchev–Trinajstić information content (AvgIpc) is 3.02. The van der Waals surface area contributed by atoms with E-state index in [2.05, 4.69) is 20.9 Å². The standard InChI is InChI=1S/C20H14BrClN2O2S/c1-13-6-8-15(9-7-13)27(25,26)24-12-18(16-4-2-3-5-19(16)22)17-10-14(21)11-23-20(17)24/h2-12H,1H3. The van der Waals surface area contributed by atoms with Crippen molar-refractivity contribution in [3.8, 4) is 11.1 Å². The minimum absolute atomic E-state index is 0.209. The smallest absolute Gasteiger partial charge is 0.236 e. The van der Waals surface area contributed by atoms with Crippen LogP contribution in [0.1, 0.15) is 5.56 Å². The van der Waals surface area contributed by atoms with Gasteiger partial charge in [-0.25, -0.2) is 17.4 Å². The van der Waals surface area contributed by atoms with Gasteiger partial charge in [0.1, 0.15) is 0 Å². The van der Waals surface area contributed by atoms with E-state index < -0.39 is 10.0 Å². The van der Waals surface area contributed by atoms with Gasteiger partial charge in [0, 0.05) is 38.4 Å². The molecule has 0 amide bonds. The zero-order valence-electron chi connectivity index (χ0n) is 14.2. The fraction of sp³-hybridized carbons (Fsp3) is 0.0500. The molecule has 0 saturated heterocycles. The number of aromatic nitrogens is 2. The van der Waals surface area contributed by atoms with Crippen LogP contribution in [-0.4, -0.2) is 17.4 Å². The van der Waals surface area contributed by atoms with Crippen LogP contribution in [-0.2, 0) is 10.0 Å². The SMILES string of the molecule is Cc1ccc(S(=O)(=O)n2cc(-c3ccccc3Cl)c3cc(Br)cnc32)cc1. The second-order valence-corrected chi connectivity index (χ2v) is 9.30. The minimum atomic E-state index is -3.80. The van der Waals surface area contributed by atoms with Gasteiger partial charge < -0.3 is 0 Å². The third-order valence-corrected chi connectivity index (χ3v) is 6.75. The van der Waals surface area contributed by atoms with E-state index in [1.54, 1.807) is 42.7 Å². The summed E-state index contributed by atoms with van der Waals surface area (Å²) in [5.74, 6) is 0. The van der Waals surface area contributed by atoms with E-state index in [1.807, 2.05) is 31.2 Å². The number of aryl methyl sites for hydroxylation is 1. The lowest BCUT2D eigenvalue weighted by Crippen LogP contribution is -2.12. The van der Waals surface area contributed by atoms with Gasteiger partial charge in [0.15, 0.2) is 5.65 Å². The Morgan fingerprint density at radius 3 is 2.44 bits per heavy atom. The molecule has 0 radical (unpaired) electrons. The fourth-order valence-corrected chi connectivity index (χ4v) is 4.85. The van der Waals surface area contributed by atoms with Crippen molar-refractivity contribution in [1.29, 1.82) is 0 Å². The molecule has 4 rings (SSSR count). The minimum Gasteiger partial charge on any atom is -0.236 e. The van der Waals surface area contributed by atoms with Crippen LogP contribution in [0.25, 0.3) is 22.2 Å². The molecule has 0 saturated carbocycles. The molecular formula is C20H14BrClN2O2S. The van der Waals surface area contributed by atoms with Crippen LogP contribution in [0.2, 0.25) is 5.02 Å². The summed E-state index contributed by atoms with van der Waals surface area (Å²) >= 11 is 9.78. The topological polar surface area (TPSA) is 52.0 Å². The molecule has 0 unspecified atom stereocenters. The highest BCUT2D eigenvalue weighted by Crippen LogP contribution is 2.36. The van der Waals surface area contributed by atoms with E-state index in [0.717, 1.165) is 15.6 Å². The molecule has 4 aromatic rings. The number of pyridine rings is 1. The molecule has 4 nitrogen and oxygen atoms in total. The van der Waals surface area contributed by atoms with Crippen molar-refractivity contribution in [2.75, 3.05) is 0 Å². The number of rotatable bonds is 3. The van der Waals surface area contributed by atoms with Gasteiger partial charge in [0.25, 0.3) is 10.0 Å². The first kappa shape index (κ1) is 18.2. The van der Waals surface area contributed by atoms with Crippen LogP contribution < -0.4 is 0 Å². The lowest BCUT2D eigenvalue weighted by Gasteiger charge is -2.07. The predicted molar refractivity (Wildman–Crippen MR) is 112 cm³/mol. The van der Waals surface area contributed by atoms with Crippen LogP contribution in [0, 0.1) is 6.92 Å². The van der Waals surface area contributed by atoms with Crippen molar-refractivity contribution >= 4 is 48.6 Å². The Kier molecular flexibility index (Phi) is 4.58. The molecule has 7 heteroatoms. The summed E-state index contributed by atoms with van der Waals surface area (Å²) < 4.78 is 28.5. The molecule has 2 heterocycles. The Morgan fingerprint density at radius 1 is 1.04 bits per heavy atom. The van der Waals surface area contributed by atoms with Crippen molar-refractivity contribution in [2.24, 2.45) is 0 Å². The van der Waals surface area contributed by atoms with Crippen LogP contribution >= 0.6 is 27.5 Å². The second-order valence-electron chi connectivity index (χ2n) is 6.16. The number of hydrogen-bond acceptors (Lipinski definition) is 3. The summed E-state index contributed by atoms with van der Waals surface area (Å²) in [6.45, 7) is 1.91. The zero-order valence-corrected chi connectivity index (χ0v) is 17.4. The molecule has 136 valence electrons. The third-order valence-electron chi connectivity index (χ3n) is 4.32. The molecule has 0 aliphatic carbocycles. The molecule has 27 heavy (non-hydrogen) atoms. The van der Waals surface area contributed by atoms with Crippen molar-refractivity contribution in [3.05, 3.63) is 82.0 Å². The van der Waals surface area contributed by atoms with Gasteiger partial charge >= 0.3 is 0 Å². The highest BCUT2D eigenvalue weighted by atomic mass is 79.9. The quantitative estimate of drug-likeness (QED) is 0.395. The zero-order chi connectivity index (χ0) is 19.2. The summed E-state index contributed by atoms with van der Waals surface area (Å²) in [5, 5.41) is 1.25. The van der Waals surface area contributed by atoms with Crippen molar-refractivity contribution in [3.63, 3.8) is 0 Å². The summed E-state index contributed by atoms with van der Waals surface area (Å²) in [5.41, 5.74) is 2.81. The van der Waals surface area contributed by atoms with Gasteiger partial charge in [0.05, 0.1) is 4.90 Å². The van der Waals surface area contributed by atoms with Gasteiger partial charge in [-0.1, -0.05) is 47.5 Å². The Bertz CT molecular complexity index is 1270. The molecule has 0 aliphatic heterocycles. The molecule has 0 atom stereocenters. The average molecular weight is 462 g/mol. The summed E-state index contributed by atoms with van der Waals surface area (Å²) in [6.07, 6.45) is 3.17. The van der Waals surface area contributed by atoms with E-state index >= 15 is 0 Å². The Labute approximate surface area is 170 Å². The summed E-state index contributed by atoms with van der Waals surface area (Å²) in [4.78, 5) is 4.57. The van der Waals surface area contributed by atoms with Gasteiger partial charge in [-0.15, -0.1) is 0 Å². The maximum absolute atomic E-state index is 13.3. The largest absolute Gasteiger partial charge is 0.269 e. The van der Waals surface area contributed by atoms with Crippen LogP contribution in [0.5, 0.6) is 0 Å². The van der Waals surface area contributed by atoms with E-state index in [9.17, 15) is 8.42 Å². The van der Waals surface area contributed by atoms with E-state index in [-0.39, 0.29) is 4.90 Å². The lowest BCUT2D eigenvalue weighted by atomic mass is 10.1. The van der Waals surface area contributed by atoms with Crippen molar-refractivity contribution in [2.45, 2.75) is 11.8 Å². The molecule has 2 aromatic carbocycles. The molecular weight excluding hydrogens is 448 g/mol. The highest BCUT2D eigenvalue weighted by Gasteiger charge is 2.23. The number of halogens is 2. The predicted octanol–water partition coefficient (Wildman–Crippen LogP) is 5.66. The van der Waals surface area contributed by atoms with Crippen LogP contribution in [0.4, 0.5) is 0 Å². The third kappa shape index (κ3) is 3.18. The van der Waals surface area contributed by atoms with Crippen LogP contribution in [0.3, 0.4) is 0 Å². The number of nitrogens with zero attached hydrogens (tertiary/aromatic N) is 2. The van der Waals surface area contributed by atoms with Gasteiger partial charge in [-0.05, 0) is 47.1 Å². The van der Waals surface area contributed by atoms with Crippen molar-refractivity contribution in [1.82, 2.24) is 8.96 Å². The molecule has 2 aromatic heterocycles. The lowest BCUT2D eigenvalue weighted by molar-refractivity contribution is 0.589. The maximum Gasteiger partial charge on any atom is 0.269 e. The molecule has 0 aliphatic rings. The molecule has 0 bridgehead atoms. The second kappa shape index (κ2) is 6.78. The van der Waals surface area contributed by atoms with Crippen molar-refractivity contribution < 1.29 is 8.42 Å². The van der Waals surface area contributed by atoms with E-state index in [1.165, 1.54) is 3.97 Å². The number of hydrogen-bond donors (Lipinski definition) is 0. The number of fused-ring (bicyclic) bond motifs is 1. The Hall–Kier alpha value is -2.15. The summed E-state index contributed by atoms with van der Waals surface area (Å²) in [7, 11) is -3.80. The van der Waals surface area contributed by atoms with E-state index in [0.29, 0.717) is 21.6 Å². The summed E-state index contributed by atoms with van der Waals surface area (Å²) in [6, 6.07) is 15.9. The van der Waals surface area contributed by atoms with Gasteiger partial charge in [-0.2, -0.15) is 0 Å². The normalized spacial score (nSPS) is 11.8. The van der Waals surface area contributed by atoms with Crippen LogP contribution in [0.15, 0.2) is 76.4 Å².